The van der Waals surface area contributed by atoms with Crippen molar-refractivity contribution in [3.8, 4) is 0 Å². The van der Waals surface area contributed by atoms with Gasteiger partial charge in [0.1, 0.15) is 0 Å². The first-order valence-electron chi connectivity index (χ1n) is 5.94. The van der Waals surface area contributed by atoms with Crippen LogP contribution in [0.4, 0.5) is 8.78 Å². The molecule has 3 nitrogen and oxygen atoms in total. The lowest BCUT2D eigenvalue weighted by molar-refractivity contribution is 0.0141. The molecule has 1 aromatic rings. The fourth-order valence-electron chi connectivity index (χ4n) is 3.06. The third kappa shape index (κ3) is 1.78. The predicted molar refractivity (Wildman–Crippen MR) is 62.2 cm³/mol. The van der Waals surface area contributed by atoms with E-state index < -0.39 is 28.3 Å². The minimum absolute atomic E-state index is 0.0255. The Kier molecular flexibility index (Phi) is 2.75. The van der Waals surface area contributed by atoms with Crippen LogP contribution in [-0.4, -0.2) is 24.8 Å². The SMILES string of the molecule is O=S1C2CCC1CC(O)(c1ccc(F)nc1F)C2. The summed E-state index contributed by atoms with van der Waals surface area (Å²) in [5.74, 6) is -1.87. The molecule has 0 aromatic carbocycles. The summed E-state index contributed by atoms with van der Waals surface area (Å²) >= 11 is 0. The maximum Gasteiger partial charge on any atom is 0.221 e. The molecule has 0 aliphatic carbocycles. The molecular formula is C12H13F2NO2S. The fraction of sp³-hybridized carbons (Fsp3) is 0.583. The number of pyridine rings is 1. The molecule has 3 heterocycles. The standard InChI is InChI=1S/C12H13F2NO2S/c13-10-4-3-9(11(14)15-10)12(16)5-7-1-2-8(6-12)18(7)17/h3-4,7-8,16H,1-2,5-6H2. The van der Waals surface area contributed by atoms with Gasteiger partial charge in [-0.25, -0.2) is 0 Å². The van der Waals surface area contributed by atoms with Crippen LogP contribution in [0.1, 0.15) is 31.2 Å². The molecule has 3 rings (SSSR count). The van der Waals surface area contributed by atoms with Gasteiger partial charge in [-0.1, -0.05) is 0 Å². The van der Waals surface area contributed by atoms with Crippen LogP contribution in [0.15, 0.2) is 12.1 Å². The fourth-order valence-corrected chi connectivity index (χ4v) is 5.22. The Morgan fingerprint density at radius 1 is 1.28 bits per heavy atom. The monoisotopic (exact) mass is 273 g/mol. The zero-order chi connectivity index (χ0) is 12.9. The topological polar surface area (TPSA) is 50.2 Å². The van der Waals surface area contributed by atoms with Gasteiger partial charge in [-0.05, 0) is 37.8 Å². The summed E-state index contributed by atoms with van der Waals surface area (Å²) in [4.78, 5) is 3.11. The maximum atomic E-state index is 13.7. The zero-order valence-corrected chi connectivity index (χ0v) is 10.4. The van der Waals surface area contributed by atoms with E-state index in [-0.39, 0.29) is 28.9 Å². The van der Waals surface area contributed by atoms with Crippen molar-refractivity contribution in [1.82, 2.24) is 4.98 Å². The molecule has 2 bridgehead atoms. The first kappa shape index (κ1) is 12.2. The molecule has 2 saturated heterocycles. The summed E-state index contributed by atoms with van der Waals surface area (Å²) in [5.41, 5.74) is -1.33. The zero-order valence-electron chi connectivity index (χ0n) is 9.60. The number of hydrogen-bond donors (Lipinski definition) is 1. The summed E-state index contributed by atoms with van der Waals surface area (Å²) in [5, 5.41) is 10.4. The highest BCUT2D eigenvalue weighted by atomic mass is 32.2. The quantitative estimate of drug-likeness (QED) is 0.791. The van der Waals surface area contributed by atoms with Crippen LogP contribution in [0.2, 0.25) is 0 Å². The Morgan fingerprint density at radius 2 is 1.89 bits per heavy atom. The first-order valence-corrected chi connectivity index (χ1v) is 7.21. The first-order chi connectivity index (χ1) is 8.49. The van der Waals surface area contributed by atoms with E-state index in [0.717, 1.165) is 18.9 Å². The van der Waals surface area contributed by atoms with E-state index in [0.29, 0.717) is 0 Å². The van der Waals surface area contributed by atoms with E-state index in [4.69, 9.17) is 0 Å². The molecular weight excluding hydrogens is 260 g/mol. The molecule has 2 fully saturated rings. The van der Waals surface area contributed by atoms with Crippen LogP contribution >= 0.6 is 0 Å². The number of hydrogen-bond acceptors (Lipinski definition) is 3. The van der Waals surface area contributed by atoms with Gasteiger partial charge in [-0.3, -0.25) is 4.21 Å². The van der Waals surface area contributed by atoms with Gasteiger partial charge >= 0.3 is 0 Å². The van der Waals surface area contributed by atoms with E-state index in [1.807, 2.05) is 0 Å². The highest BCUT2D eigenvalue weighted by molar-refractivity contribution is 7.86. The minimum atomic E-state index is -1.36. The summed E-state index contributed by atoms with van der Waals surface area (Å²) in [6.45, 7) is 0. The summed E-state index contributed by atoms with van der Waals surface area (Å²) in [7, 11) is -0.927. The van der Waals surface area contributed by atoms with Crippen LogP contribution in [0.5, 0.6) is 0 Å². The molecule has 2 aliphatic rings. The average molecular weight is 273 g/mol. The number of aromatic nitrogens is 1. The van der Waals surface area contributed by atoms with Crippen molar-refractivity contribution in [3.63, 3.8) is 0 Å². The van der Waals surface area contributed by atoms with Gasteiger partial charge in [0.05, 0.1) is 5.60 Å². The van der Waals surface area contributed by atoms with Gasteiger partial charge in [-0.2, -0.15) is 13.8 Å². The molecule has 0 radical (unpaired) electrons. The summed E-state index contributed by atoms with van der Waals surface area (Å²) < 4.78 is 38.3. The lowest BCUT2D eigenvalue weighted by atomic mass is 9.86. The third-order valence-corrected chi connectivity index (χ3v) is 6.03. The van der Waals surface area contributed by atoms with E-state index in [2.05, 4.69) is 4.98 Å². The number of rotatable bonds is 1. The Balaban J connectivity index is 1.98. The lowest BCUT2D eigenvalue weighted by Gasteiger charge is -2.36. The molecule has 2 unspecified atom stereocenters. The van der Waals surface area contributed by atoms with E-state index in [1.54, 1.807) is 0 Å². The summed E-state index contributed by atoms with van der Waals surface area (Å²) in [6, 6.07) is 2.29. The molecule has 18 heavy (non-hydrogen) atoms. The number of nitrogens with zero attached hydrogens (tertiary/aromatic N) is 1. The second-order valence-corrected chi connectivity index (χ2v) is 7.05. The Morgan fingerprint density at radius 3 is 2.44 bits per heavy atom. The van der Waals surface area contributed by atoms with Crippen molar-refractivity contribution >= 4 is 10.8 Å². The number of fused-ring (bicyclic) bond motifs is 2. The average Bonchev–Trinajstić information content (AvgIpc) is 2.53. The van der Waals surface area contributed by atoms with Crippen LogP contribution in [-0.2, 0) is 16.4 Å². The Bertz CT molecular complexity index is 507. The predicted octanol–water partition coefficient (Wildman–Crippen LogP) is 1.62. The Labute approximate surface area is 106 Å². The van der Waals surface area contributed by atoms with Crippen molar-refractivity contribution in [2.75, 3.05) is 0 Å². The van der Waals surface area contributed by atoms with Gasteiger partial charge in [0.2, 0.25) is 11.9 Å². The van der Waals surface area contributed by atoms with E-state index >= 15 is 0 Å². The van der Waals surface area contributed by atoms with Gasteiger partial charge in [0, 0.05) is 26.9 Å². The highest BCUT2D eigenvalue weighted by Gasteiger charge is 2.49. The minimum Gasteiger partial charge on any atom is -0.385 e. The Hall–Kier alpha value is -0.880. The lowest BCUT2D eigenvalue weighted by Crippen LogP contribution is -2.41. The van der Waals surface area contributed by atoms with Gasteiger partial charge in [0.15, 0.2) is 0 Å². The van der Waals surface area contributed by atoms with Crippen LogP contribution < -0.4 is 0 Å². The molecule has 1 aromatic heterocycles. The number of halogens is 2. The van der Waals surface area contributed by atoms with E-state index in [9.17, 15) is 18.1 Å². The largest absolute Gasteiger partial charge is 0.385 e. The normalized spacial score (nSPS) is 38.9. The van der Waals surface area contributed by atoms with Crippen molar-refractivity contribution in [2.45, 2.75) is 41.8 Å². The molecule has 98 valence electrons. The molecule has 0 spiro atoms. The molecule has 0 amide bonds. The molecule has 6 heteroatoms. The van der Waals surface area contributed by atoms with Crippen molar-refractivity contribution in [2.24, 2.45) is 0 Å². The second-order valence-electron chi connectivity index (χ2n) is 5.06. The maximum absolute atomic E-state index is 13.7. The smallest absolute Gasteiger partial charge is 0.221 e. The van der Waals surface area contributed by atoms with Crippen molar-refractivity contribution in [3.05, 3.63) is 29.6 Å². The molecule has 2 atom stereocenters. The van der Waals surface area contributed by atoms with E-state index in [1.165, 1.54) is 6.07 Å². The molecule has 1 N–H and O–H groups in total. The number of aliphatic hydroxyl groups is 1. The van der Waals surface area contributed by atoms with Gasteiger partial charge in [-0.15, -0.1) is 0 Å². The van der Waals surface area contributed by atoms with Crippen LogP contribution in [0.3, 0.4) is 0 Å². The van der Waals surface area contributed by atoms with Crippen molar-refractivity contribution in [1.29, 1.82) is 0 Å². The van der Waals surface area contributed by atoms with Gasteiger partial charge in [0.25, 0.3) is 0 Å². The molecule has 2 aliphatic heterocycles. The highest BCUT2D eigenvalue weighted by Crippen LogP contribution is 2.46. The van der Waals surface area contributed by atoms with Crippen molar-refractivity contribution < 1.29 is 18.1 Å². The third-order valence-electron chi connectivity index (χ3n) is 3.91. The second kappa shape index (κ2) is 4.06. The van der Waals surface area contributed by atoms with Crippen LogP contribution in [0, 0.1) is 11.9 Å². The molecule has 0 saturated carbocycles. The van der Waals surface area contributed by atoms with Crippen LogP contribution in [0.25, 0.3) is 0 Å². The summed E-state index contributed by atoms with van der Waals surface area (Å²) in [6.07, 6.45) is 2.13. The van der Waals surface area contributed by atoms with Gasteiger partial charge < -0.3 is 5.11 Å².